The van der Waals surface area contributed by atoms with Gasteiger partial charge in [-0.15, -0.1) is 11.8 Å². The summed E-state index contributed by atoms with van der Waals surface area (Å²) in [7, 11) is 1.56. The van der Waals surface area contributed by atoms with Crippen molar-refractivity contribution in [2.45, 2.75) is 11.4 Å². The van der Waals surface area contributed by atoms with Crippen molar-refractivity contribution >= 4 is 51.2 Å². The number of anilines is 1. The van der Waals surface area contributed by atoms with Crippen molar-refractivity contribution in [1.29, 1.82) is 0 Å². The van der Waals surface area contributed by atoms with E-state index in [2.05, 4.69) is 10.6 Å². The van der Waals surface area contributed by atoms with E-state index in [1.807, 2.05) is 42.5 Å². The van der Waals surface area contributed by atoms with Gasteiger partial charge in [0.1, 0.15) is 22.7 Å². The first-order chi connectivity index (χ1) is 17.1. The zero-order valence-electron chi connectivity index (χ0n) is 18.9. The third kappa shape index (κ3) is 4.88. The highest BCUT2D eigenvalue weighted by molar-refractivity contribution is 8.00. The molecule has 5 rings (SSSR count). The van der Waals surface area contributed by atoms with Gasteiger partial charge in [-0.1, -0.05) is 30.3 Å². The smallest absolute Gasteiger partial charge is 0.256 e. The van der Waals surface area contributed by atoms with Crippen LogP contribution in [0.5, 0.6) is 5.75 Å². The number of ether oxygens (including phenoxy) is 1. The van der Waals surface area contributed by atoms with Gasteiger partial charge in [0.15, 0.2) is 0 Å². The number of carbonyl (C=O) groups is 2. The van der Waals surface area contributed by atoms with E-state index in [9.17, 15) is 9.59 Å². The molecule has 2 amide bonds. The van der Waals surface area contributed by atoms with E-state index < -0.39 is 0 Å². The van der Waals surface area contributed by atoms with E-state index in [0.717, 1.165) is 16.4 Å². The molecular formula is C27H22N2O5S. The van der Waals surface area contributed by atoms with Crippen LogP contribution in [0.4, 0.5) is 5.69 Å². The number of furan rings is 2. The number of thioether (sulfide) groups is 1. The van der Waals surface area contributed by atoms with Crippen molar-refractivity contribution in [3.05, 3.63) is 90.4 Å². The molecule has 0 saturated carbocycles. The quantitative estimate of drug-likeness (QED) is 0.267. The number of carbonyl (C=O) groups excluding carboxylic acids is 2. The number of benzene rings is 3. The highest BCUT2D eigenvalue weighted by atomic mass is 32.2. The van der Waals surface area contributed by atoms with Crippen molar-refractivity contribution in [2.75, 3.05) is 18.2 Å². The van der Waals surface area contributed by atoms with Gasteiger partial charge >= 0.3 is 0 Å². The van der Waals surface area contributed by atoms with Gasteiger partial charge in [0.2, 0.25) is 5.91 Å². The minimum absolute atomic E-state index is 0.154. The molecule has 0 saturated heterocycles. The number of hydrogen-bond donors (Lipinski definition) is 2. The number of nitrogens with one attached hydrogen (secondary N) is 2. The SMILES string of the molecule is COc1cc2c(cc1NC(=O)c1ccccc1SCC(=O)NCc1ccco1)oc1ccccc12. The third-order valence-corrected chi connectivity index (χ3v) is 6.55. The van der Waals surface area contributed by atoms with Crippen molar-refractivity contribution in [3.63, 3.8) is 0 Å². The first-order valence-electron chi connectivity index (χ1n) is 10.9. The molecule has 0 aliphatic heterocycles. The molecule has 3 aromatic carbocycles. The lowest BCUT2D eigenvalue weighted by Crippen LogP contribution is -2.24. The van der Waals surface area contributed by atoms with Crippen molar-refractivity contribution < 1.29 is 23.2 Å². The Labute approximate surface area is 205 Å². The van der Waals surface area contributed by atoms with Crippen LogP contribution in [0, 0.1) is 0 Å². The number of fused-ring (bicyclic) bond motifs is 3. The maximum absolute atomic E-state index is 13.2. The zero-order valence-corrected chi connectivity index (χ0v) is 19.7. The van der Waals surface area contributed by atoms with Gasteiger partial charge in [-0.2, -0.15) is 0 Å². The monoisotopic (exact) mass is 486 g/mol. The van der Waals surface area contributed by atoms with Crippen molar-refractivity contribution in [1.82, 2.24) is 5.32 Å². The lowest BCUT2D eigenvalue weighted by Gasteiger charge is -2.13. The Hall–Kier alpha value is -4.17. The summed E-state index contributed by atoms with van der Waals surface area (Å²) >= 11 is 1.29. The molecule has 2 N–H and O–H groups in total. The molecule has 176 valence electrons. The molecule has 2 aromatic heterocycles. The highest BCUT2D eigenvalue weighted by Crippen LogP contribution is 2.36. The molecule has 0 bridgehead atoms. The van der Waals surface area contributed by atoms with Gasteiger partial charge in [-0.3, -0.25) is 9.59 Å². The molecule has 8 heteroatoms. The molecule has 7 nitrogen and oxygen atoms in total. The fraction of sp³-hybridized carbons (Fsp3) is 0.111. The van der Waals surface area contributed by atoms with Gasteiger partial charge < -0.3 is 24.2 Å². The first-order valence-corrected chi connectivity index (χ1v) is 11.9. The van der Waals surface area contributed by atoms with Crippen LogP contribution < -0.4 is 15.4 Å². The summed E-state index contributed by atoms with van der Waals surface area (Å²) in [5.74, 6) is 0.911. The summed E-state index contributed by atoms with van der Waals surface area (Å²) in [5, 5.41) is 7.63. The molecule has 5 aromatic rings. The Morgan fingerprint density at radius 1 is 0.943 bits per heavy atom. The second-order valence-electron chi connectivity index (χ2n) is 7.74. The fourth-order valence-electron chi connectivity index (χ4n) is 3.78. The maximum atomic E-state index is 13.2. The summed E-state index contributed by atoms with van der Waals surface area (Å²) in [5.41, 5.74) is 2.38. The third-order valence-electron chi connectivity index (χ3n) is 5.48. The van der Waals surface area contributed by atoms with Crippen molar-refractivity contribution in [2.24, 2.45) is 0 Å². The van der Waals surface area contributed by atoms with Crippen LogP contribution >= 0.6 is 11.8 Å². The number of hydrogen-bond acceptors (Lipinski definition) is 6. The zero-order chi connectivity index (χ0) is 24.2. The van der Waals surface area contributed by atoms with E-state index in [-0.39, 0.29) is 17.6 Å². The lowest BCUT2D eigenvalue weighted by molar-refractivity contribution is -0.118. The molecule has 35 heavy (non-hydrogen) atoms. The summed E-state index contributed by atoms with van der Waals surface area (Å²) in [6.07, 6.45) is 1.56. The van der Waals surface area contributed by atoms with Crippen LogP contribution in [0.25, 0.3) is 21.9 Å². The van der Waals surface area contributed by atoms with Gasteiger partial charge in [-0.25, -0.2) is 0 Å². The first kappa shape index (κ1) is 22.6. The molecule has 0 fully saturated rings. The average molecular weight is 487 g/mol. The van der Waals surface area contributed by atoms with Gasteiger partial charge in [0.25, 0.3) is 5.91 Å². The Bertz CT molecular complexity index is 1510. The van der Waals surface area contributed by atoms with Crippen LogP contribution in [0.2, 0.25) is 0 Å². The summed E-state index contributed by atoms with van der Waals surface area (Å²) in [6.45, 7) is 0.318. The standard InChI is InChI=1S/C27H22N2O5S/c1-32-24-13-20-18-8-2-4-10-22(18)34-23(20)14-21(24)29-27(31)19-9-3-5-11-25(19)35-16-26(30)28-15-17-7-6-12-33-17/h2-14H,15-16H2,1H3,(H,28,30)(H,29,31). The van der Waals surface area contributed by atoms with Crippen LogP contribution in [0.15, 0.2) is 92.8 Å². The molecule has 0 aliphatic rings. The number of amides is 2. The Morgan fingerprint density at radius 2 is 1.77 bits per heavy atom. The Balaban J connectivity index is 1.32. The maximum Gasteiger partial charge on any atom is 0.256 e. The predicted molar refractivity (Wildman–Crippen MR) is 136 cm³/mol. The summed E-state index contributed by atoms with van der Waals surface area (Å²) in [4.78, 5) is 26.2. The molecule has 0 unspecified atom stereocenters. The predicted octanol–water partition coefficient (Wildman–Crippen LogP) is 5.85. The van der Waals surface area contributed by atoms with E-state index in [1.54, 1.807) is 43.7 Å². The normalized spacial score (nSPS) is 11.0. The largest absolute Gasteiger partial charge is 0.495 e. The molecule has 0 radical (unpaired) electrons. The van der Waals surface area contributed by atoms with Crippen LogP contribution in [0.3, 0.4) is 0 Å². The Morgan fingerprint density at radius 3 is 2.60 bits per heavy atom. The van der Waals surface area contributed by atoms with Crippen LogP contribution in [0.1, 0.15) is 16.1 Å². The van der Waals surface area contributed by atoms with Gasteiger partial charge in [0, 0.05) is 21.7 Å². The fourth-order valence-corrected chi connectivity index (χ4v) is 4.66. The molecule has 0 aliphatic carbocycles. The average Bonchev–Trinajstić information content (AvgIpc) is 3.53. The van der Waals surface area contributed by atoms with Crippen LogP contribution in [-0.4, -0.2) is 24.7 Å². The topological polar surface area (TPSA) is 93.7 Å². The van der Waals surface area contributed by atoms with E-state index >= 15 is 0 Å². The second kappa shape index (κ2) is 9.99. The molecule has 0 spiro atoms. The summed E-state index contributed by atoms with van der Waals surface area (Å²) in [6, 6.07) is 22.1. The number of para-hydroxylation sites is 1. The van der Waals surface area contributed by atoms with E-state index in [4.69, 9.17) is 13.6 Å². The van der Waals surface area contributed by atoms with Crippen molar-refractivity contribution in [3.8, 4) is 5.75 Å². The Kier molecular flexibility index (Phi) is 6.45. The second-order valence-corrected chi connectivity index (χ2v) is 8.76. The molecular weight excluding hydrogens is 464 g/mol. The van der Waals surface area contributed by atoms with Crippen LogP contribution in [-0.2, 0) is 11.3 Å². The highest BCUT2D eigenvalue weighted by Gasteiger charge is 2.17. The van der Waals surface area contributed by atoms with Gasteiger partial charge in [-0.05, 0) is 36.4 Å². The number of rotatable bonds is 8. The van der Waals surface area contributed by atoms with Gasteiger partial charge in [0.05, 0.1) is 36.9 Å². The molecule has 0 atom stereocenters. The minimum atomic E-state index is -0.308. The summed E-state index contributed by atoms with van der Waals surface area (Å²) < 4.78 is 16.7. The molecule has 2 heterocycles. The number of methoxy groups -OCH3 is 1. The van der Waals surface area contributed by atoms with E-state index in [1.165, 1.54) is 11.8 Å². The minimum Gasteiger partial charge on any atom is -0.495 e. The lowest BCUT2D eigenvalue weighted by atomic mass is 10.1. The van der Waals surface area contributed by atoms with E-state index in [0.29, 0.717) is 39.8 Å².